The lowest BCUT2D eigenvalue weighted by Gasteiger charge is -2.39. The number of aryl methyl sites for hydroxylation is 1. The molecule has 1 aliphatic heterocycles. The number of anilines is 1. The molecule has 0 bridgehead atoms. The fourth-order valence-electron chi connectivity index (χ4n) is 2.38. The molecule has 1 aromatic carbocycles. The van der Waals surface area contributed by atoms with Crippen molar-refractivity contribution in [2.24, 2.45) is 5.73 Å². The first-order chi connectivity index (χ1) is 9.02. The number of carbonyl (C=O) groups is 1. The maximum absolute atomic E-state index is 12.2. The fourth-order valence-corrected chi connectivity index (χ4v) is 2.75. The summed E-state index contributed by atoms with van der Waals surface area (Å²) in [5.74, 6) is 0.145. The molecule has 0 aliphatic carbocycles. The van der Waals surface area contributed by atoms with Gasteiger partial charge in [-0.05, 0) is 44.6 Å². The van der Waals surface area contributed by atoms with Gasteiger partial charge in [0.2, 0.25) is 5.91 Å². The Bertz CT molecular complexity index is 478. The summed E-state index contributed by atoms with van der Waals surface area (Å²) < 4.78 is 1.03. The molecule has 1 saturated heterocycles. The number of halogens is 1. The average molecular weight is 326 g/mol. The molecule has 2 rings (SSSR count). The molecule has 0 radical (unpaired) electrons. The number of hydrogen-bond donors (Lipinski definition) is 1. The molecule has 0 saturated carbocycles. The molecule has 2 N–H and O–H groups in total. The van der Waals surface area contributed by atoms with Gasteiger partial charge in [0, 0.05) is 22.7 Å². The van der Waals surface area contributed by atoms with E-state index in [9.17, 15) is 4.79 Å². The van der Waals surface area contributed by atoms with Gasteiger partial charge in [-0.3, -0.25) is 9.69 Å². The molecule has 19 heavy (non-hydrogen) atoms. The third kappa shape index (κ3) is 3.16. The number of likely N-dealkylation sites (N-methyl/N-ethyl adjacent to an activating group) is 1. The molecule has 1 aliphatic rings. The number of nitrogens with two attached hydrogens (primary N) is 1. The second-order valence-electron chi connectivity index (χ2n) is 5.08. The Morgan fingerprint density at radius 1 is 1.47 bits per heavy atom. The van der Waals surface area contributed by atoms with Crippen LogP contribution in [0.4, 0.5) is 5.69 Å². The summed E-state index contributed by atoms with van der Waals surface area (Å²) in [6.07, 6.45) is 0.910. The molecule has 0 spiro atoms. The van der Waals surface area contributed by atoms with Crippen LogP contribution in [0.1, 0.15) is 12.0 Å². The van der Waals surface area contributed by atoms with Crippen LogP contribution in [0.2, 0.25) is 0 Å². The van der Waals surface area contributed by atoms with Gasteiger partial charge in [0.15, 0.2) is 0 Å². The maximum Gasteiger partial charge on any atom is 0.241 e. The van der Waals surface area contributed by atoms with E-state index >= 15 is 0 Å². The third-order valence-electron chi connectivity index (χ3n) is 3.67. The summed E-state index contributed by atoms with van der Waals surface area (Å²) >= 11 is 3.52. The summed E-state index contributed by atoms with van der Waals surface area (Å²) in [4.78, 5) is 16.1. The smallest absolute Gasteiger partial charge is 0.241 e. The number of benzene rings is 1. The summed E-state index contributed by atoms with van der Waals surface area (Å²) in [7, 11) is 1.99. The van der Waals surface area contributed by atoms with Crippen LogP contribution in [-0.4, -0.2) is 43.5 Å². The first-order valence-electron chi connectivity index (χ1n) is 6.49. The number of piperazine rings is 1. The summed E-state index contributed by atoms with van der Waals surface area (Å²) in [5, 5.41) is 0. The van der Waals surface area contributed by atoms with E-state index in [1.165, 1.54) is 5.56 Å². The number of amides is 1. The van der Waals surface area contributed by atoms with Gasteiger partial charge in [0.05, 0.1) is 6.54 Å². The predicted molar refractivity (Wildman–Crippen MR) is 81.3 cm³/mol. The minimum atomic E-state index is 0.145. The van der Waals surface area contributed by atoms with Gasteiger partial charge in [0.25, 0.3) is 0 Å². The Labute approximate surface area is 122 Å². The highest BCUT2D eigenvalue weighted by atomic mass is 79.9. The second-order valence-corrected chi connectivity index (χ2v) is 5.94. The Morgan fingerprint density at radius 2 is 2.21 bits per heavy atom. The van der Waals surface area contributed by atoms with Crippen molar-refractivity contribution >= 4 is 27.5 Å². The van der Waals surface area contributed by atoms with Crippen molar-refractivity contribution in [3.05, 3.63) is 28.2 Å². The lowest BCUT2D eigenvalue weighted by atomic mass is 10.1. The lowest BCUT2D eigenvalue weighted by Crippen LogP contribution is -2.55. The third-order valence-corrected chi connectivity index (χ3v) is 4.52. The summed E-state index contributed by atoms with van der Waals surface area (Å²) in [6.45, 7) is 3.85. The minimum absolute atomic E-state index is 0.145. The van der Waals surface area contributed by atoms with E-state index in [0.717, 1.165) is 16.6 Å². The summed E-state index contributed by atoms with van der Waals surface area (Å²) in [5.41, 5.74) is 7.77. The average Bonchev–Trinajstić information content (AvgIpc) is 2.36. The SMILES string of the molecule is Cc1ccc(N2CC(CCN)N(C)CC2=O)cc1Br. The van der Waals surface area contributed by atoms with Crippen LogP contribution in [-0.2, 0) is 4.79 Å². The standard InChI is InChI=1S/C14H20BrN3O/c1-10-3-4-11(7-13(10)15)18-8-12(5-6-16)17(2)9-14(18)19/h3-4,7,12H,5-6,8-9,16H2,1-2H3. The van der Waals surface area contributed by atoms with Crippen LogP contribution in [0.3, 0.4) is 0 Å². The second kappa shape index (κ2) is 6.03. The lowest BCUT2D eigenvalue weighted by molar-refractivity contribution is -0.122. The predicted octanol–water partition coefficient (Wildman–Crippen LogP) is 1.75. The monoisotopic (exact) mass is 325 g/mol. The van der Waals surface area contributed by atoms with Crippen LogP contribution < -0.4 is 10.6 Å². The van der Waals surface area contributed by atoms with Gasteiger partial charge >= 0.3 is 0 Å². The molecular formula is C14H20BrN3O. The van der Waals surface area contributed by atoms with E-state index in [1.807, 2.05) is 37.1 Å². The molecule has 1 fully saturated rings. The molecule has 0 aromatic heterocycles. The van der Waals surface area contributed by atoms with E-state index in [-0.39, 0.29) is 5.91 Å². The minimum Gasteiger partial charge on any atom is -0.330 e. The Morgan fingerprint density at radius 3 is 2.84 bits per heavy atom. The van der Waals surface area contributed by atoms with Crippen LogP contribution in [0.5, 0.6) is 0 Å². The molecular weight excluding hydrogens is 306 g/mol. The number of rotatable bonds is 3. The van der Waals surface area contributed by atoms with E-state index in [1.54, 1.807) is 0 Å². The zero-order chi connectivity index (χ0) is 14.0. The maximum atomic E-state index is 12.2. The summed E-state index contributed by atoms with van der Waals surface area (Å²) in [6, 6.07) is 6.38. The Kier molecular flexibility index (Phi) is 4.60. The molecule has 1 heterocycles. The number of hydrogen-bond acceptors (Lipinski definition) is 3. The zero-order valence-corrected chi connectivity index (χ0v) is 13.0. The highest BCUT2D eigenvalue weighted by molar-refractivity contribution is 9.10. The molecule has 1 atom stereocenters. The van der Waals surface area contributed by atoms with Gasteiger partial charge in [-0.1, -0.05) is 22.0 Å². The number of nitrogens with zero attached hydrogens (tertiary/aromatic N) is 2. The normalized spacial score (nSPS) is 20.9. The van der Waals surface area contributed by atoms with E-state index in [0.29, 0.717) is 25.7 Å². The van der Waals surface area contributed by atoms with Gasteiger partial charge in [0.1, 0.15) is 0 Å². The highest BCUT2D eigenvalue weighted by Crippen LogP contribution is 2.26. The van der Waals surface area contributed by atoms with Gasteiger partial charge < -0.3 is 10.6 Å². The van der Waals surface area contributed by atoms with Crippen LogP contribution in [0.25, 0.3) is 0 Å². The van der Waals surface area contributed by atoms with Crippen LogP contribution in [0.15, 0.2) is 22.7 Å². The Balaban J connectivity index is 2.22. The molecule has 1 unspecified atom stereocenters. The van der Waals surface area contributed by atoms with E-state index in [4.69, 9.17) is 5.73 Å². The van der Waals surface area contributed by atoms with Crippen molar-refractivity contribution in [2.45, 2.75) is 19.4 Å². The highest BCUT2D eigenvalue weighted by Gasteiger charge is 2.30. The van der Waals surface area contributed by atoms with Crippen LogP contribution in [0, 0.1) is 6.92 Å². The molecule has 1 amide bonds. The van der Waals surface area contributed by atoms with Crippen molar-refractivity contribution in [1.82, 2.24) is 4.90 Å². The van der Waals surface area contributed by atoms with E-state index in [2.05, 4.69) is 20.8 Å². The topological polar surface area (TPSA) is 49.6 Å². The Hall–Kier alpha value is -0.910. The van der Waals surface area contributed by atoms with Gasteiger partial charge in [-0.15, -0.1) is 0 Å². The molecule has 5 heteroatoms. The molecule has 1 aromatic rings. The first-order valence-corrected chi connectivity index (χ1v) is 7.29. The number of carbonyl (C=O) groups excluding carboxylic acids is 1. The fraction of sp³-hybridized carbons (Fsp3) is 0.500. The van der Waals surface area contributed by atoms with Crippen molar-refractivity contribution in [3.8, 4) is 0 Å². The van der Waals surface area contributed by atoms with Crippen LogP contribution >= 0.6 is 15.9 Å². The van der Waals surface area contributed by atoms with Gasteiger partial charge in [-0.25, -0.2) is 0 Å². The van der Waals surface area contributed by atoms with E-state index < -0.39 is 0 Å². The zero-order valence-electron chi connectivity index (χ0n) is 11.4. The molecule has 104 valence electrons. The van der Waals surface area contributed by atoms with Crippen molar-refractivity contribution in [2.75, 3.05) is 31.6 Å². The van der Waals surface area contributed by atoms with Gasteiger partial charge in [-0.2, -0.15) is 0 Å². The largest absolute Gasteiger partial charge is 0.330 e. The quantitative estimate of drug-likeness (QED) is 0.921. The van der Waals surface area contributed by atoms with Crippen molar-refractivity contribution in [3.63, 3.8) is 0 Å². The van der Waals surface area contributed by atoms with Crippen molar-refractivity contribution in [1.29, 1.82) is 0 Å². The molecule has 4 nitrogen and oxygen atoms in total. The first kappa shape index (κ1) is 14.5. The van der Waals surface area contributed by atoms with Crippen molar-refractivity contribution < 1.29 is 4.79 Å².